The van der Waals surface area contributed by atoms with E-state index in [1.165, 1.54) is 0 Å². The molecule has 0 radical (unpaired) electrons. The van der Waals surface area contributed by atoms with Crippen molar-refractivity contribution in [3.05, 3.63) is 35.9 Å². The summed E-state index contributed by atoms with van der Waals surface area (Å²) in [5.74, 6) is 0.326. The van der Waals surface area contributed by atoms with Crippen LogP contribution >= 0.6 is 0 Å². The summed E-state index contributed by atoms with van der Waals surface area (Å²) in [4.78, 5) is 23.5. The van der Waals surface area contributed by atoms with Gasteiger partial charge in [0.15, 0.2) is 0 Å². The van der Waals surface area contributed by atoms with Gasteiger partial charge in [-0.2, -0.15) is 0 Å². The molecule has 1 aromatic carbocycles. The van der Waals surface area contributed by atoms with Gasteiger partial charge in [-0.25, -0.2) is 9.59 Å². The Balaban J connectivity index is 2.14. The van der Waals surface area contributed by atoms with Crippen molar-refractivity contribution in [2.24, 2.45) is 5.92 Å². The first kappa shape index (κ1) is 22.8. The van der Waals surface area contributed by atoms with Crippen LogP contribution in [0.2, 0.25) is 0 Å². The number of nitrogens with one attached hydrogen (secondary N) is 2. The van der Waals surface area contributed by atoms with Crippen molar-refractivity contribution in [1.82, 2.24) is 10.6 Å². The number of alkyl carbamates (subject to hydrolysis) is 2. The Hall–Kier alpha value is -2.24. The fourth-order valence-corrected chi connectivity index (χ4v) is 2.53. The molecule has 1 rings (SSSR count). The van der Waals surface area contributed by atoms with Crippen LogP contribution in [0.4, 0.5) is 9.59 Å². The summed E-state index contributed by atoms with van der Waals surface area (Å²) in [6, 6.07) is 9.65. The lowest BCUT2D eigenvalue weighted by Crippen LogP contribution is -2.39. The summed E-state index contributed by atoms with van der Waals surface area (Å²) in [6.45, 7) is 7.50. The summed E-state index contributed by atoms with van der Waals surface area (Å²) in [5, 5.41) is 5.70. The Morgan fingerprint density at radius 3 is 2.41 bits per heavy atom. The summed E-state index contributed by atoms with van der Waals surface area (Å²) < 4.78 is 10.3. The van der Waals surface area contributed by atoms with Gasteiger partial charge in [0.2, 0.25) is 0 Å². The van der Waals surface area contributed by atoms with Crippen LogP contribution in [0.3, 0.4) is 0 Å². The fourth-order valence-electron chi connectivity index (χ4n) is 2.53. The summed E-state index contributed by atoms with van der Waals surface area (Å²) >= 11 is 0. The minimum atomic E-state index is -0.406. The second kappa shape index (κ2) is 13.9. The van der Waals surface area contributed by atoms with Crippen molar-refractivity contribution in [2.75, 3.05) is 13.2 Å². The van der Waals surface area contributed by atoms with Gasteiger partial charge >= 0.3 is 12.2 Å². The molecular weight excluding hydrogens is 344 g/mol. The number of hydrogen-bond donors (Lipinski definition) is 2. The highest BCUT2D eigenvalue weighted by atomic mass is 16.6. The van der Waals surface area contributed by atoms with Gasteiger partial charge in [0.05, 0.1) is 6.61 Å². The maximum Gasteiger partial charge on any atom is 0.407 e. The third kappa shape index (κ3) is 11.2. The molecular formula is C21H34N2O4. The first-order valence-corrected chi connectivity index (χ1v) is 9.90. The number of amides is 2. The molecule has 0 aliphatic carbocycles. The normalized spacial score (nSPS) is 11.7. The van der Waals surface area contributed by atoms with Gasteiger partial charge in [-0.1, -0.05) is 57.5 Å². The van der Waals surface area contributed by atoms with E-state index in [1.54, 1.807) is 0 Å². The van der Waals surface area contributed by atoms with Crippen LogP contribution in [0.15, 0.2) is 30.3 Å². The van der Waals surface area contributed by atoms with E-state index in [-0.39, 0.29) is 18.7 Å². The Kier molecular flexibility index (Phi) is 11.7. The molecule has 0 fully saturated rings. The lowest BCUT2D eigenvalue weighted by Gasteiger charge is -2.22. The van der Waals surface area contributed by atoms with E-state index in [9.17, 15) is 9.59 Å². The molecule has 27 heavy (non-hydrogen) atoms. The maximum absolute atomic E-state index is 11.8. The SMILES string of the molecule is CCCCOC(=O)NC(CCCCNC(=O)OCc1ccccc1)C(C)C. The molecule has 0 aliphatic heterocycles. The second-order valence-electron chi connectivity index (χ2n) is 6.97. The van der Waals surface area contributed by atoms with Crippen molar-refractivity contribution in [3.63, 3.8) is 0 Å². The van der Waals surface area contributed by atoms with E-state index in [2.05, 4.69) is 31.4 Å². The molecule has 1 atom stereocenters. The third-order valence-corrected chi connectivity index (χ3v) is 4.26. The van der Waals surface area contributed by atoms with Gasteiger partial charge in [-0.3, -0.25) is 0 Å². The Morgan fingerprint density at radius 1 is 1.00 bits per heavy atom. The molecule has 6 heteroatoms. The van der Waals surface area contributed by atoms with Crippen LogP contribution in [0.25, 0.3) is 0 Å². The van der Waals surface area contributed by atoms with Crippen molar-refractivity contribution >= 4 is 12.2 Å². The van der Waals surface area contributed by atoms with E-state index in [1.807, 2.05) is 30.3 Å². The third-order valence-electron chi connectivity index (χ3n) is 4.26. The number of benzene rings is 1. The van der Waals surface area contributed by atoms with Crippen LogP contribution < -0.4 is 10.6 Å². The average molecular weight is 379 g/mol. The molecule has 0 spiro atoms. The molecule has 0 aromatic heterocycles. The van der Waals surface area contributed by atoms with E-state index < -0.39 is 6.09 Å². The molecule has 2 amide bonds. The maximum atomic E-state index is 11.8. The zero-order valence-electron chi connectivity index (χ0n) is 16.8. The molecule has 0 bridgehead atoms. The predicted octanol–water partition coefficient (Wildman–Crippen LogP) is 4.63. The molecule has 1 unspecified atom stereocenters. The Morgan fingerprint density at radius 2 is 1.74 bits per heavy atom. The summed E-state index contributed by atoms with van der Waals surface area (Å²) in [5.41, 5.74) is 0.962. The molecule has 152 valence electrons. The molecule has 1 aromatic rings. The van der Waals surface area contributed by atoms with E-state index in [0.717, 1.165) is 37.7 Å². The number of ether oxygens (including phenoxy) is 2. The Bertz CT molecular complexity index is 534. The van der Waals surface area contributed by atoms with Gasteiger partial charge < -0.3 is 20.1 Å². The van der Waals surface area contributed by atoms with E-state index in [0.29, 0.717) is 19.1 Å². The standard InChI is InChI=1S/C21H34N2O4/c1-4-5-15-26-21(25)23-19(17(2)3)13-9-10-14-22-20(24)27-16-18-11-7-6-8-12-18/h6-8,11-12,17,19H,4-5,9-10,13-16H2,1-3H3,(H,22,24)(H,23,25). The molecule has 0 saturated heterocycles. The van der Waals surface area contributed by atoms with Crippen LogP contribution in [0, 0.1) is 5.92 Å². The van der Waals surface area contributed by atoms with E-state index >= 15 is 0 Å². The first-order valence-electron chi connectivity index (χ1n) is 9.90. The smallest absolute Gasteiger partial charge is 0.407 e. The lowest BCUT2D eigenvalue weighted by atomic mass is 9.98. The molecule has 0 aliphatic rings. The first-order chi connectivity index (χ1) is 13.0. The largest absolute Gasteiger partial charge is 0.450 e. The number of carbonyl (C=O) groups is 2. The van der Waals surface area contributed by atoms with Gasteiger partial charge in [-0.15, -0.1) is 0 Å². The highest BCUT2D eigenvalue weighted by molar-refractivity contribution is 5.67. The van der Waals surface area contributed by atoms with Crippen molar-refractivity contribution < 1.29 is 19.1 Å². The second-order valence-corrected chi connectivity index (χ2v) is 6.97. The highest BCUT2D eigenvalue weighted by Gasteiger charge is 2.16. The van der Waals surface area contributed by atoms with Crippen LogP contribution in [-0.4, -0.2) is 31.4 Å². The minimum absolute atomic E-state index is 0.0733. The monoisotopic (exact) mass is 378 g/mol. The molecule has 2 N–H and O–H groups in total. The molecule has 0 heterocycles. The number of hydrogen-bond acceptors (Lipinski definition) is 4. The minimum Gasteiger partial charge on any atom is -0.450 e. The zero-order chi connectivity index (χ0) is 19.9. The Labute approximate surface area is 163 Å². The number of rotatable bonds is 12. The van der Waals surface area contributed by atoms with Crippen molar-refractivity contribution in [3.8, 4) is 0 Å². The van der Waals surface area contributed by atoms with Crippen LogP contribution in [-0.2, 0) is 16.1 Å². The number of carbonyl (C=O) groups excluding carboxylic acids is 2. The van der Waals surface area contributed by atoms with Crippen molar-refractivity contribution in [2.45, 2.75) is 65.5 Å². The van der Waals surface area contributed by atoms with Crippen molar-refractivity contribution in [1.29, 1.82) is 0 Å². The average Bonchev–Trinajstić information content (AvgIpc) is 2.66. The highest BCUT2D eigenvalue weighted by Crippen LogP contribution is 2.10. The molecule has 0 saturated carbocycles. The summed E-state index contributed by atoms with van der Waals surface area (Å²) in [7, 11) is 0. The zero-order valence-corrected chi connectivity index (χ0v) is 16.8. The van der Waals surface area contributed by atoms with Gasteiger partial charge in [0, 0.05) is 12.6 Å². The van der Waals surface area contributed by atoms with Gasteiger partial charge in [-0.05, 0) is 37.2 Å². The van der Waals surface area contributed by atoms with Gasteiger partial charge in [0.25, 0.3) is 0 Å². The quantitative estimate of drug-likeness (QED) is 0.520. The van der Waals surface area contributed by atoms with Crippen LogP contribution in [0.5, 0.6) is 0 Å². The number of unbranched alkanes of at least 4 members (excludes halogenated alkanes) is 2. The topological polar surface area (TPSA) is 76.7 Å². The lowest BCUT2D eigenvalue weighted by molar-refractivity contribution is 0.136. The van der Waals surface area contributed by atoms with E-state index in [4.69, 9.17) is 9.47 Å². The summed E-state index contributed by atoms with van der Waals surface area (Å²) in [6.07, 6.45) is 3.71. The molecule has 6 nitrogen and oxygen atoms in total. The van der Waals surface area contributed by atoms with Crippen LogP contribution in [0.1, 0.15) is 58.4 Å². The predicted molar refractivity (Wildman–Crippen MR) is 106 cm³/mol. The van der Waals surface area contributed by atoms with Gasteiger partial charge in [0.1, 0.15) is 6.61 Å². The fraction of sp³-hybridized carbons (Fsp3) is 0.619.